The van der Waals surface area contributed by atoms with E-state index in [-0.39, 0.29) is 16.9 Å². The first-order chi connectivity index (χ1) is 7.44. The molecule has 1 aliphatic rings. The van der Waals surface area contributed by atoms with E-state index < -0.39 is 5.92 Å². The second-order valence-electron chi connectivity index (χ2n) is 5.31. The van der Waals surface area contributed by atoms with E-state index in [1.54, 1.807) is 0 Å². The van der Waals surface area contributed by atoms with Crippen LogP contribution < -0.4 is 0 Å². The maximum Gasteiger partial charge on any atom is 0.139 e. The molecule has 2 atom stereocenters. The fourth-order valence-corrected chi connectivity index (χ4v) is 2.80. The quantitative estimate of drug-likeness (QED) is 0.734. The summed E-state index contributed by atoms with van der Waals surface area (Å²) in [4.78, 5) is 0. The number of ether oxygens (including phenoxy) is 1. The molecule has 3 heteroatoms. The maximum absolute atomic E-state index is 9.09. The summed E-state index contributed by atoms with van der Waals surface area (Å²) in [5.41, 5.74) is -0.393. The summed E-state index contributed by atoms with van der Waals surface area (Å²) in [6.07, 6.45) is 1.99. The lowest BCUT2D eigenvalue weighted by Crippen LogP contribution is -2.42. The van der Waals surface area contributed by atoms with Crippen LogP contribution in [0.3, 0.4) is 0 Å². The number of hydrogen-bond acceptors (Lipinski definition) is 3. The van der Waals surface area contributed by atoms with Crippen molar-refractivity contribution < 1.29 is 4.74 Å². The van der Waals surface area contributed by atoms with Crippen molar-refractivity contribution in [2.75, 3.05) is 6.61 Å². The summed E-state index contributed by atoms with van der Waals surface area (Å²) in [5, 5.41) is 18.2. The molecule has 0 aromatic rings. The molecule has 0 heterocycles. The van der Waals surface area contributed by atoms with Gasteiger partial charge in [0.1, 0.15) is 5.92 Å². The highest BCUT2D eigenvalue weighted by Gasteiger charge is 2.56. The highest BCUT2D eigenvalue weighted by Crippen LogP contribution is 2.57. The predicted octanol–water partition coefficient (Wildman–Crippen LogP) is 2.88. The molecule has 0 aromatic carbocycles. The second-order valence-corrected chi connectivity index (χ2v) is 5.31. The van der Waals surface area contributed by atoms with Gasteiger partial charge in [0.25, 0.3) is 0 Å². The summed E-state index contributed by atoms with van der Waals surface area (Å²) < 4.78 is 5.73. The minimum Gasteiger partial charge on any atom is -0.378 e. The Morgan fingerprint density at radius 3 is 2.31 bits per heavy atom. The van der Waals surface area contributed by atoms with Crippen LogP contribution >= 0.6 is 0 Å². The fourth-order valence-electron chi connectivity index (χ4n) is 2.80. The first-order valence-corrected chi connectivity index (χ1v) is 5.85. The normalized spacial score (nSPS) is 32.3. The summed E-state index contributed by atoms with van der Waals surface area (Å²) in [5.74, 6) is -0.548. The Morgan fingerprint density at radius 2 is 1.88 bits per heavy atom. The third kappa shape index (κ3) is 1.70. The van der Waals surface area contributed by atoms with E-state index in [1.807, 2.05) is 13.8 Å². The molecule has 0 spiro atoms. The molecule has 16 heavy (non-hydrogen) atoms. The van der Waals surface area contributed by atoms with Gasteiger partial charge in [0, 0.05) is 12.0 Å². The molecule has 1 aliphatic carbocycles. The average molecular weight is 220 g/mol. The summed E-state index contributed by atoms with van der Waals surface area (Å²) >= 11 is 0. The van der Waals surface area contributed by atoms with E-state index in [0.717, 1.165) is 12.8 Å². The molecule has 0 amide bonds. The number of nitriles is 2. The van der Waals surface area contributed by atoms with Crippen molar-refractivity contribution in [2.45, 2.75) is 46.6 Å². The highest BCUT2D eigenvalue weighted by molar-refractivity contribution is 5.16. The van der Waals surface area contributed by atoms with E-state index in [4.69, 9.17) is 15.3 Å². The molecule has 0 N–H and O–H groups in total. The predicted molar refractivity (Wildman–Crippen MR) is 61.3 cm³/mol. The van der Waals surface area contributed by atoms with Crippen LogP contribution in [0.5, 0.6) is 0 Å². The van der Waals surface area contributed by atoms with Gasteiger partial charge in [0.15, 0.2) is 0 Å². The van der Waals surface area contributed by atoms with E-state index in [1.165, 1.54) is 0 Å². The van der Waals surface area contributed by atoms with Gasteiger partial charge in [-0.15, -0.1) is 0 Å². The van der Waals surface area contributed by atoms with Crippen LogP contribution in [0.2, 0.25) is 0 Å². The van der Waals surface area contributed by atoms with E-state index in [2.05, 4.69) is 26.0 Å². The third-order valence-electron chi connectivity index (χ3n) is 4.47. The van der Waals surface area contributed by atoms with Crippen molar-refractivity contribution in [2.24, 2.45) is 16.7 Å². The molecule has 3 nitrogen and oxygen atoms in total. The second kappa shape index (κ2) is 4.44. The third-order valence-corrected chi connectivity index (χ3v) is 4.47. The zero-order chi connectivity index (χ0) is 12.4. The Morgan fingerprint density at radius 1 is 1.31 bits per heavy atom. The zero-order valence-electron chi connectivity index (χ0n) is 10.6. The molecular weight excluding hydrogens is 200 g/mol. The van der Waals surface area contributed by atoms with Gasteiger partial charge in [-0.2, -0.15) is 10.5 Å². The molecule has 1 saturated carbocycles. The van der Waals surface area contributed by atoms with Crippen LogP contribution in [-0.4, -0.2) is 12.7 Å². The average Bonchev–Trinajstić information content (AvgIpc) is 2.45. The SMILES string of the molecule is CCOC1CCC(C)(C(C#N)C#N)C1(C)C. The summed E-state index contributed by atoms with van der Waals surface area (Å²) in [7, 11) is 0. The van der Waals surface area contributed by atoms with Gasteiger partial charge in [-0.05, 0) is 25.2 Å². The molecule has 0 bridgehead atoms. The lowest BCUT2D eigenvalue weighted by Gasteiger charge is -2.42. The Bertz CT molecular complexity index is 323. The van der Waals surface area contributed by atoms with Crippen LogP contribution in [0.4, 0.5) is 0 Å². The molecule has 1 fully saturated rings. The van der Waals surface area contributed by atoms with Crippen LogP contribution in [0.25, 0.3) is 0 Å². The summed E-state index contributed by atoms with van der Waals surface area (Å²) in [6.45, 7) is 8.94. The van der Waals surface area contributed by atoms with Gasteiger partial charge >= 0.3 is 0 Å². The first-order valence-electron chi connectivity index (χ1n) is 5.85. The Balaban J connectivity index is 3.01. The molecular formula is C13H20N2O. The van der Waals surface area contributed by atoms with Crippen LogP contribution in [0.15, 0.2) is 0 Å². The Hall–Kier alpha value is -1.06. The number of hydrogen-bond donors (Lipinski definition) is 0. The maximum atomic E-state index is 9.09. The molecule has 2 unspecified atom stereocenters. The lowest BCUT2D eigenvalue weighted by molar-refractivity contribution is -0.0441. The minimum absolute atomic E-state index is 0.126. The van der Waals surface area contributed by atoms with Crippen molar-refractivity contribution in [3.05, 3.63) is 0 Å². The fraction of sp³-hybridized carbons (Fsp3) is 0.846. The van der Waals surface area contributed by atoms with Gasteiger partial charge in [-0.25, -0.2) is 0 Å². The van der Waals surface area contributed by atoms with Crippen molar-refractivity contribution in [1.82, 2.24) is 0 Å². The van der Waals surface area contributed by atoms with Gasteiger partial charge in [-0.1, -0.05) is 20.8 Å². The van der Waals surface area contributed by atoms with E-state index >= 15 is 0 Å². The van der Waals surface area contributed by atoms with E-state index in [0.29, 0.717) is 6.61 Å². The van der Waals surface area contributed by atoms with E-state index in [9.17, 15) is 0 Å². The van der Waals surface area contributed by atoms with Crippen LogP contribution in [0.1, 0.15) is 40.5 Å². The van der Waals surface area contributed by atoms with Crippen molar-refractivity contribution in [3.8, 4) is 12.1 Å². The molecule has 1 rings (SSSR count). The van der Waals surface area contributed by atoms with Crippen LogP contribution in [-0.2, 0) is 4.74 Å². The lowest BCUT2D eigenvalue weighted by atomic mass is 9.62. The molecule has 0 aromatic heterocycles. The first kappa shape index (κ1) is 13.0. The largest absolute Gasteiger partial charge is 0.378 e. The smallest absolute Gasteiger partial charge is 0.139 e. The molecule has 88 valence electrons. The van der Waals surface area contributed by atoms with Crippen molar-refractivity contribution in [3.63, 3.8) is 0 Å². The zero-order valence-corrected chi connectivity index (χ0v) is 10.6. The Labute approximate surface area is 98.0 Å². The molecule has 0 aliphatic heterocycles. The van der Waals surface area contributed by atoms with Gasteiger partial charge in [0.2, 0.25) is 0 Å². The van der Waals surface area contributed by atoms with Gasteiger partial charge in [0.05, 0.1) is 18.2 Å². The van der Waals surface area contributed by atoms with Gasteiger partial charge in [-0.3, -0.25) is 0 Å². The molecule has 0 radical (unpaired) electrons. The Kier molecular flexibility index (Phi) is 3.61. The standard InChI is InChI=1S/C13H20N2O/c1-5-16-11-6-7-13(4,12(11,2)3)10(8-14)9-15/h10-11H,5-7H2,1-4H3. The minimum atomic E-state index is -0.548. The van der Waals surface area contributed by atoms with Crippen molar-refractivity contribution >= 4 is 0 Å². The number of nitrogens with zero attached hydrogens (tertiary/aromatic N) is 2. The monoisotopic (exact) mass is 220 g/mol. The van der Waals surface area contributed by atoms with Gasteiger partial charge < -0.3 is 4.74 Å². The highest BCUT2D eigenvalue weighted by atomic mass is 16.5. The summed E-state index contributed by atoms with van der Waals surface area (Å²) in [6, 6.07) is 4.27. The molecule has 0 saturated heterocycles. The topological polar surface area (TPSA) is 56.8 Å². The van der Waals surface area contributed by atoms with Crippen molar-refractivity contribution in [1.29, 1.82) is 10.5 Å². The number of rotatable bonds is 3. The van der Waals surface area contributed by atoms with Crippen LogP contribution in [0, 0.1) is 39.4 Å².